The molecule has 0 atom stereocenters. The minimum atomic E-state index is -0.338. The predicted octanol–water partition coefficient (Wildman–Crippen LogP) is 4.26. The number of aryl methyl sites for hydroxylation is 1. The smallest absolute Gasteiger partial charge is 0.278 e. The lowest BCUT2D eigenvalue weighted by Gasteiger charge is -2.15. The second kappa shape index (κ2) is 7.84. The van der Waals surface area contributed by atoms with Crippen molar-refractivity contribution in [2.24, 2.45) is 0 Å². The number of imide groups is 1. The van der Waals surface area contributed by atoms with E-state index in [1.54, 1.807) is 31.4 Å². The van der Waals surface area contributed by atoms with Crippen LogP contribution in [0.4, 0.5) is 5.69 Å². The van der Waals surface area contributed by atoms with Crippen molar-refractivity contribution in [1.29, 1.82) is 0 Å². The van der Waals surface area contributed by atoms with E-state index in [1.807, 2.05) is 32.0 Å². The molecular weight excluding hydrogens is 364 g/mol. The largest absolute Gasteiger partial charge is 0.495 e. The third-order valence-corrected chi connectivity index (χ3v) is 4.61. The highest BCUT2D eigenvalue weighted by Gasteiger charge is 2.38. The number of ether oxygens (including phenoxy) is 1. The number of hydrogen-bond acceptors (Lipinski definition) is 4. The van der Waals surface area contributed by atoms with Crippen LogP contribution >= 0.6 is 11.6 Å². The van der Waals surface area contributed by atoms with Crippen LogP contribution < -0.4 is 10.1 Å². The van der Waals surface area contributed by atoms with Crippen molar-refractivity contribution in [3.8, 4) is 5.75 Å². The lowest BCUT2D eigenvalue weighted by Crippen LogP contribution is -2.33. The summed E-state index contributed by atoms with van der Waals surface area (Å²) in [5.41, 5.74) is 2.88. The van der Waals surface area contributed by atoms with Crippen LogP contribution in [0.25, 0.3) is 5.57 Å². The Morgan fingerprint density at radius 3 is 2.41 bits per heavy atom. The fourth-order valence-electron chi connectivity index (χ4n) is 3.06. The number of hydrogen-bond donors (Lipinski definition) is 1. The molecule has 2 aromatic rings. The minimum Gasteiger partial charge on any atom is -0.495 e. The zero-order chi connectivity index (χ0) is 19.6. The molecule has 1 N–H and O–H groups in total. The summed E-state index contributed by atoms with van der Waals surface area (Å²) >= 11 is 5.97. The predicted molar refractivity (Wildman–Crippen MR) is 107 cm³/mol. The Morgan fingerprint density at radius 1 is 1.07 bits per heavy atom. The van der Waals surface area contributed by atoms with Gasteiger partial charge >= 0.3 is 0 Å². The summed E-state index contributed by atoms with van der Waals surface area (Å²) < 4.78 is 5.39. The van der Waals surface area contributed by atoms with Gasteiger partial charge in [0.2, 0.25) is 0 Å². The molecule has 6 heteroatoms. The molecule has 2 aromatic carbocycles. The SMILES string of the molecule is CCCN1C(=O)C(Nc2cc(C)ccc2OC)=C(c2ccc(Cl)cc2)C1=O. The van der Waals surface area contributed by atoms with Crippen LogP contribution in [0.5, 0.6) is 5.75 Å². The van der Waals surface area contributed by atoms with Crippen LogP contribution in [0, 0.1) is 6.92 Å². The summed E-state index contributed by atoms with van der Waals surface area (Å²) in [5, 5.41) is 3.71. The van der Waals surface area contributed by atoms with Gasteiger partial charge in [0, 0.05) is 11.6 Å². The first kappa shape index (κ1) is 19.0. The highest BCUT2D eigenvalue weighted by Crippen LogP contribution is 2.34. The summed E-state index contributed by atoms with van der Waals surface area (Å²) in [7, 11) is 1.56. The van der Waals surface area contributed by atoms with Crippen molar-refractivity contribution in [2.75, 3.05) is 19.0 Å². The summed E-state index contributed by atoms with van der Waals surface area (Å²) in [6.07, 6.45) is 0.687. The van der Waals surface area contributed by atoms with E-state index < -0.39 is 0 Å². The lowest BCUT2D eigenvalue weighted by molar-refractivity contribution is -0.136. The number of nitrogens with zero attached hydrogens (tertiary/aromatic N) is 1. The van der Waals surface area contributed by atoms with Crippen molar-refractivity contribution < 1.29 is 14.3 Å². The molecule has 27 heavy (non-hydrogen) atoms. The van der Waals surface area contributed by atoms with Crippen molar-refractivity contribution in [1.82, 2.24) is 4.90 Å². The second-order valence-corrected chi connectivity index (χ2v) is 6.78. The first-order valence-electron chi connectivity index (χ1n) is 8.74. The van der Waals surface area contributed by atoms with E-state index in [0.29, 0.717) is 40.6 Å². The number of benzene rings is 2. The Labute approximate surface area is 163 Å². The number of carbonyl (C=O) groups excluding carboxylic acids is 2. The summed E-state index contributed by atoms with van der Waals surface area (Å²) in [4.78, 5) is 27.2. The molecule has 0 aromatic heterocycles. The van der Waals surface area contributed by atoms with E-state index in [2.05, 4.69) is 5.32 Å². The first-order chi connectivity index (χ1) is 13.0. The number of amides is 2. The maximum Gasteiger partial charge on any atom is 0.278 e. The van der Waals surface area contributed by atoms with Gasteiger partial charge in [-0.25, -0.2) is 0 Å². The summed E-state index contributed by atoms with van der Waals surface area (Å²) in [6.45, 7) is 4.24. The Balaban J connectivity index is 2.11. The molecule has 1 aliphatic rings. The fraction of sp³-hybridized carbons (Fsp3) is 0.238. The molecule has 0 aliphatic carbocycles. The van der Waals surface area contributed by atoms with Gasteiger partial charge in [0.15, 0.2) is 0 Å². The zero-order valence-corrected chi connectivity index (χ0v) is 16.3. The molecule has 0 bridgehead atoms. The summed E-state index contributed by atoms with van der Waals surface area (Å²) in [5.74, 6) is -0.0496. The standard InChI is InChI=1S/C21H21ClN2O3/c1-4-11-24-20(25)18(14-6-8-15(22)9-7-14)19(21(24)26)23-16-12-13(2)5-10-17(16)27-3/h5-10,12,23H,4,11H2,1-3H3. The van der Waals surface area contributed by atoms with E-state index in [0.717, 1.165) is 5.56 Å². The monoisotopic (exact) mass is 384 g/mol. The molecule has 0 spiro atoms. The third-order valence-electron chi connectivity index (χ3n) is 4.36. The van der Waals surface area contributed by atoms with Crippen molar-refractivity contribution in [3.05, 3.63) is 64.3 Å². The van der Waals surface area contributed by atoms with Crippen LogP contribution in [0.2, 0.25) is 5.02 Å². The summed E-state index contributed by atoms with van der Waals surface area (Å²) in [6, 6.07) is 12.5. The normalized spacial score (nSPS) is 14.1. The Kier molecular flexibility index (Phi) is 5.51. The minimum absolute atomic E-state index is 0.250. The van der Waals surface area contributed by atoms with Gasteiger partial charge in [0.1, 0.15) is 11.4 Å². The molecular formula is C21H21ClN2O3. The molecule has 0 unspecified atom stereocenters. The molecule has 0 fully saturated rings. The van der Waals surface area contributed by atoms with Gasteiger partial charge in [0.05, 0.1) is 18.4 Å². The Bertz CT molecular complexity index is 920. The fourth-order valence-corrected chi connectivity index (χ4v) is 3.18. The Morgan fingerprint density at radius 2 is 1.78 bits per heavy atom. The number of halogens is 1. The van der Waals surface area contributed by atoms with Gasteiger partial charge in [-0.3, -0.25) is 14.5 Å². The number of rotatable bonds is 6. The maximum atomic E-state index is 13.0. The molecule has 1 aliphatic heterocycles. The van der Waals surface area contributed by atoms with Crippen molar-refractivity contribution in [3.63, 3.8) is 0 Å². The first-order valence-corrected chi connectivity index (χ1v) is 9.12. The highest BCUT2D eigenvalue weighted by molar-refractivity contribution is 6.37. The molecule has 140 valence electrons. The van der Waals surface area contributed by atoms with Crippen LogP contribution in [0.1, 0.15) is 24.5 Å². The second-order valence-electron chi connectivity index (χ2n) is 6.35. The van der Waals surface area contributed by atoms with Gasteiger partial charge in [-0.1, -0.05) is 36.7 Å². The van der Waals surface area contributed by atoms with Gasteiger partial charge in [0.25, 0.3) is 11.8 Å². The number of methoxy groups -OCH3 is 1. The maximum absolute atomic E-state index is 13.0. The van der Waals surface area contributed by atoms with Crippen LogP contribution in [0.3, 0.4) is 0 Å². The average Bonchev–Trinajstić information content (AvgIpc) is 2.88. The number of nitrogens with one attached hydrogen (secondary N) is 1. The van der Waals surface area contributed by atoms with Gasteiger partial charge in [-0.05, 0) is 48.7 Å². The molecule has 0 saturated heterocycles. The van der Waals surface area contributed by atoms with Crippen molar-refractivity contribution >= 4 is 34.7 Å². The van der Waals surface area contributed by atoms with Crippen LogP contribution in [-0.2, 0) is 9.59 Å². The lowest BCUT2D eigenvalue weighted by atomic mass is 10.0. The van der Waals surface area contributed by atoms with E-state index >= 15 is 0 Å². The zero-order valence-electron chi connectivity index (χ0n) is 15.5. The molecule has 2 amide bonds. The van der Waals surface area contributed by atoms with Crippen LogP contribution in [0.15, 0.2) is 48.2 Å². The average molecular weight is 385 g/mol. The van der Waals surface area contributed by atoms with E-state index in [9.17, 15) is 9.59 Å². The molecule has 0 radical (unpaired) electrons. The van der Waals surface area contributed by atoms with Gasteiger partial charge in [-0.2, -0.15) is 0 Å². The van der Waals surface area contributed by atoms with E-state index in [1.165, 1.54) is 4.90 Å². The number of anilines is 1. The Hall–Kier alpha value is -2.79. The van der Waals surface area contributed by atoms with Gasteiger partial charge in [-0.15, -0.1) is 0 Å². The molecule has 3 rings (SSSR count). The van der Waals surface area contributed by atoms with Crippen molar-refractivity contribution in [2.45, 2.75) is 20.3 Å². The topological polar surface area (TPSA) is 58.6 Å². The van der Waals surface area contributed by atoms with E-state index in [-0.39, 0.29) is 17.5 Å². The highest BCUT2D eigenvalue weighted by atomic mass is 35.5. The number of carbonyl (C=O) groups is 2. The quantitative estimate of drug-likeness (QED) is 0.756. The molecule has 0 saturated carbocycles. The third kappa shape index (κ3) is 3.69. The van der Waals surface area contributed by atoms with E-state index in [4.69, 9.17) is 16.3 Å². The molecule has 5 nitrogen and oxygen atoms in total. The molecule has 1 heterocycles. The van der Waals surface area contributed by atoms with Gasteiger partial charge < -0.3 is 10.1 Å². The van der Waals surface area contributed by atoms with Crippen LogP contribution in [-0.4, -0.2) is 30.4 Å².